The number of hydrogen-bond donors (Lipinski definition) is 1. The third kappa shape index (κ3) is 3.01. The SMILES string of the molecule is O=S1CCC(Nc2cc(Cl)nc(C3CC3)n2)CC1. The summed E-state index contributed by atoms with van der Waals surface area (Å²) < 4.78 is 11.3. The Morgan fingerprint density at radius 2 is 1.94 bits per heavy atom. The normalized spacial score (nSPS) is 28.1. The fourth-order valence-corrected chi connectivity index (χ4v) is 3.67. The van der Waals surface area contributed by atoms with Crippen LogP contribution in [0, 0.1) is 0 Å². The summed E-state index contributed by atoms with van der Waals surface area (Å²) in [5.74, 6) is 3.75. The summed E-state index contributed by atoms with van der Waals surface area (Å²) in [6.07, 6.45) is 4.21. The number of anilines is 1. The Bertz CT molecular complexity index is 468. The molecule has 1 aromatic rings. The van der Waals surface area contributed by atoms with Gasteiger partial charge in [-0.25, -0.2) is 9.97 Å². The van der Waals surface area contributed by atoms with Crippen molar-refractivity contribution in [2.45, 2.75) is 37.6 Å². The lowest BCUT2D eigenvalue weighted by atomic mass is 10.1. The summed E-state index contributed by atoms with van der Waals surface area (Å²) in [7, 11) is -0.624. The first-order valence-corrected chi connectivity index (χ1v) is 8.23. The van der Waals surface area contributed by atoms with E-state index in [1.54, 1.807) is 6.07 Å². The molecular weight excluding hydrogens is 270 g/mol. The molecule has 6 heteroatoms. The first-order valence-electron chi connectivity index (χ1n) is 6.37. The van der Waals surface area contributed by atoms with Crippen molar-refractivity contribution >= 4 is 28.2 Å². The van der Waals surface area contributed by atoms with Crippen LogP contribution in [-0.2, 0) is 10.8 Å². The zero-order valence-corrected chi connectivity index (χ0v) is 11.6. The molecule has 4 nitrogen and oxygen atoms in total. The number of rotatable bonds is 3. The smallest absolute Gasteiger partial charge is 0.135 e. The average Bonchev–Trinajstić information content (AvgIpc) is 3.15. The Morgan fingerprint density at radius 1 is 1.22 bits per heavy atom. The molecule has 0 atom stereocenters. The van der Waals surface area contributed by atoms with Crippen molar-refractivity contribution in [1.82, 2.24) is 9.97 Å². The Morgan fingerprint density at radius 3 is 2.61 bits per heavy atom. The van der Waals surface area contributed by atoms with Gasteiger partial charge in [0.15, 0.2) is 0 Å². The van der Waals surface area contributed by atoms with Gasteiger partial charge in [-0.3, -0.25) is 4.21 Å². The molecule has 1 N–H and O–H groups in total. The summed E-state index contributed by atoms with van der Waals surface area (Å²) >= 11 is 6.02. The van der Waals surface area contributed by atoms with Crippen molar-refractivity contribution in [3.8, 4) is 0 Å². The lowest BCUT2D eigenvalue weighted by Crippen LogP contribution is -2.29. The maximum absolute atomic E-state index is 11.3. The molecule has 2 aliphatic rings. The summed E-state index contributed by atoms with van der Waals surface area (Å²) in [6.45, 7) is 0. The molecule has 1 aromatic heterocycles. The van der Waals surface area contributed by atoms with E-state index in [-0.39, 0.29) is 0 Å². The highest BCUT2D eigenvalue weighted by Gasteiger charge is 2.27. The van der Waals surface area contributed by atoms with Gasteiger partial charge in [0.05, 0.1) is 0 Å². The van der Waals surface area contributed by atoms with Gasteiger partial charge in [-0.05, 0) is 25.7 Å². The molecule has 3 rings (SSSR count). The lowest BCUT2D eigenvalue weighted by Gasteiger charge is -2.23. The highest BCUT2D eigenvalue weighted by atomic mass is 35.5. The minimum Gasteiger partial charge on any atom is -0.367 e. The fraction of sp³-hybridized carbons (Fsp3) is 0.667. The molecule has 98 valence electrons. The van der Waals surface area contributed by atoms with Gasteiger partial charge in [-0.15, -0.1) is 0 Å². The quantitative estimate of drug-likeness (QED) is 0.866. The largest absolute Gasteiger partial charge is 0.367 e. The maximum Gasteiger partial charge on any atom is 0.135 e. The van der Waals surface area contributed by atoms with E-state index in [9.17, 15) is 4.21 Å². The van der Waals surface area contributed by atoms with Crippen LogP contribution in [0.1, 0.15) is 37.4 Å². The van der Waals surface area contributed by atoms with Crippen LogP contribution in [0.15, 0.2) is 6.07 Å². The second-order valence-electron chi connectivity index (χ2n) is 4.98. The molecule has 1 aliphatic carbocycles. The van der Waals surface area contributed by atoms with Crippen molar-refractivity contribution in [2.75, 3.05) is 16.8 Å². The summed E-state index contributed by atoms with van der Waals surface area (Å²) in [5.41, 5.74) is 0. The monoisotopic (exact) mass is 285 g/mol. The van der Waals surface area contributed by atoms with Crippen LogP contribution in [0.5, 0.6) is 0 Å². The first-order chi connectivity index (χ1) is 8.70. The van der Waals surface area contributed by atoms with Crippen molar-refractivity contribution in [2.24, 2.45) is 0 Å². The highest BCUT2D eigenvalue weighted by molar-refractivity contribution is 7.85. The van der Waals surface area contributed by atoms with Crippen LogP contribution in [0.25, 0.3) is 0 Å². The third-order valence-corrected chi connectivity index (χ3v) is 4.97. The van der Waals surface area contributed by atoms with E-state index >= 15 is 0 Å². The second kappa shape index (κ2) is 5.13. The van der Waals surface area contributed by atoms with Gasteiger partial charge < -0.3 is 5.32 Å². The number of nitrogens with one attached hydrogen (secondary N) is 1. The predicted molar refractivity (Wildman–Crippen MR) is 73.5 cm³/mol. The number of halogens is 1. The van der Waals surface area contributed by atoms with Crippen molar-refractivity contribution in [3.05, 3.63) is 17.0 Å². The first kappa shape index (κ1) is 12.4. The van der Waals surface area contributed by atoms with Gasteiger partial charge in [0.2, 0.25) is 0 Å². The second-order valence-corrected chi connectivity index (χ2v) is 7.06. The van der Waals surface area contributed by atoms with Gasteiger partial charge in [0.25, 0.3) is 0 Å². The molecule has 0 aromatic carbocycles. The molecule has 0 spiro atoms. The van der Waals surface area contributed by atoms with Crippen LogP contribution in [0.4, 0.5) is 5.82 Å². The van der Waals surface area contributed by atoms with E-state index in [1.165, 1.54) is 12.8 Å². The lowest BCUT2D eigenvalue weighted by molar-refractivity contribution is 0.622. The molecular formula is C12H16ClN3OS. The summed E-state index contributed by atoms with van der Waals surface area (Å²) in [6, 6.07) is 2.14. The number of aromatic nitrogens is 2. The maximum atomic E-state index is 11.3. The Hall–Kier alpha value is -0.680. The minimum absolute atomic E-state index is 0.362. The molecule has 0 bridgehead atoms. The average molecular weight is 286 g/mol. The third-order valence-electron chi connectivity index (χ3n) is 3.39. The van der Waals surface area contributed by atoms with Crippen molar-refractivity contribution in [1.29, 1.82) is 0 Å². The van der Waals surface area contributed by atoms with Crippen LogP contribution in [-0.4, -0.2) is 31.7 Å². The Labute approximate surface area is 114 Å². The van der Waals surface area contributed by atoms with Gasteiger partial charge in [-0.1, -0.05) is 11.6 Å². The zero-order chi connectivity index (χ0) is 12.5. The highest BCUT2D eigenvalue weighted by Crippen LogP contribution is 2.38. The van der Waals surface area contributed by atoms with E-state index in [4.69, 9.17) is 11.6 Å². The molecule has 0 unspecified atom stereocenters. The van der Waals surface area contributed by atoms with Gasteiger partial charge >= 0.3 is 0 Å². The molecule has 2 heterocycles. The standard InChI is InChI=1S/C12H16ClN3OS/c13-10-7-11(16-12(15-10)8-1-2-8)14-9-3-5-18(17)6-4-9/h7-9H,1-6H2,(H,14,15,16). The summed E-state index contributed by atoms with van der Waals surface area (Å²) in [4.78, 5) is 8.79. The number of hydrogen-bond acceptors (Lipinski definition) is 4. The molecule has 0 radical (unpaired) electrons. The van der Waals surface area contributed by atoms with Crippen LogP contribution in [0.2, 0.25) is 5.15 Å². The topological polar surface area (TPSA) is 54.9 Å². The van der Waals surface area contributed by atoms with E-state index in [0.717, 1.165) is 36.0 Å². The minimum atomic E-state index is -0.624. The van der Waals surface area contributed by atoms with E-state index < -0.39 is 10.8 Å². The molecule has 0 amide bonds. The zero-order valence-electron chi connectivity index (χ0n) is 10.1. The fourth-order valence-electron chi connectivity index (χ4n) is 2.18. The van der Waals surface area contributed by atoms with Crippen LogP contribution in [0.3, 0.4) is 0 Å². The molecule has 2 fully saturated rings. The van der Waals surface area contributed by atoms with E-state index in [1.807, 2.05) is 0 Å². The van der Waals surface area contributed by atoms with Crippen molar-refractivity contribution in [3.63, 3.8) is 0 Å². The predicted octanol–water partition coefficient (Wildman–Crippen LogP) is 2.33. The molecule has 1 saturated heterocycles. The van der Waals surface area contributed by atoms with Crippen LogP contribution >= 0.6 is 11.6 Å². The Balaban J connectivity index is 1.69. The molecule has 1 saturated carbocycles. The van der Waals surface area contributed by atoms with E-state index in [0.29, 0.717) is 17.1 Å². The van der Waals surface area contributed by atoms with Crippen molar-refractivity contribution < 1.29 is 4.21 Å². The van der Waals surface area contributed by atoms with Crippen LogP contribution < -0.4 is 5.32 Å². The number of nitrogens with zero attached hydrogens (tertiary/aromatic N) is 2. The van der Waals surface area contributed by atoms with Gasteiger partial charge in [-0.2, -0.15) is 0 Å². The molecule has 1 aliphatic heterocycles. The van der Waals surface area contributed by atoms with Gasteiger partial charge in [0, 0.05) is 40.3 Å². The summed E-state index contributed by atoms with van der Waals surface area (Å²) in [5, 5.41) is 3.90. The Kier molecular flexibility index (Phi) is 3.52. The van der Waals surface area contributed by atoms with Gasteiger partial charge in [0.1, 0.15) is 16.8 Å². The molecule has 18 heavy (non-hydrogen) atoms. The van der Waals surface area contributed by atoms with E-state index in [2.05, 4.69) is 15.3 Å².